The third kappa shape index (κ3) is 2.55. The van der Waals surface area contributed by atoms with Gasteiger partial charge < -0.3 is 15.6 Å². The molecule has 0 aliphatic rings. The van der Waals surface area contributed by atoms with Crippen LogP contribution in [0.1, 0.15) is 18.1 Å². The Hall–Kier alpha value is -0.930. The molecule has 1 atom stereocenters. The van der Waals surface area contributed by atoms with E-state index >= 15 is 0 Å². The lowest BCUT2D eigenvalue weighted by molar-refractivity contribution is 0.372. The highest BCUT2D eigenvalue weighted by molar-refractivity contribution is 6.33. The maximum absolute atomic E-state index is 9.72. The molecule has 84 valence electrons. The fourth-order valence-electron chi connectivity index (χ4n) is 1.50. The van der Waals surface area contributed by atoms with Gasteiger partial charge in [0, 0.05) is 6.04 Å². The van der Waals surface area contributed by atoms with E-state index in [-0.39, 0.29) is 11.8 Å². The number of benzene rings is 1. The number of phenolic OH excluding ortho intramolecular Hbond substituents is 1. The lowest BCUT2D eigenvalue weighted by atomic mass is 10.0. The molecule has 0 bridgehead atoms. The van der Waals surface area contributed by atoms with Crippen molar-refractivity contribution in [2.24, 2.45) is 5.73 Å². The highest BCUT2D eigenvalue weighted by atomic mass is 35.5. The second-order valence-electron chi connectivity index (χ2n) is 3.72. The maximum Gasteiger partial charge on any atom is 0.177 e. The molecule has 0 saturated carbocycles. The number of hydrogen-bond donors (Lipinski definition) is 2. The van der Waals surface area contributed by atoms with Gasteiger partial charge in [0.15, 0.2) is 11.5 Å². The van der Waals surface area contributed by atoms with Gasteiger partial charge in [0.1, 0.15) is 0 Å². The number of hydrogen-bond acceptors (Lipinski definition) is 3. The minimum absolute atomic E-state index is 0.00833. The standard InChI is InChI=1S/C11H16ClNO2/c1-6-4-9(15-3)11(14)10(12)8(6)5-7(2)13/h4,7,14H,5,13H2,1-3H3. The van der Waals surface area contributed by atoms with Crippen molar-refractivity contribution in [3.8, 4) is 11.5 Å². The molecule has 0 heterocycles. The largest absolute Gasteiger partial charge is 0.503 e. The first kappa shape index (κ1) is 12.1. The van der Waals surface area contributed by atoms with Crippen molar-refractivity contribution < 1.29 is 9.84 Å². The second-order valence-corrected chi connectivity index (χ2v) is 4.10. The zero-order chi connectivity index (χ0) is 11.6. The third-order valence-electron chi connectivity index (χ3n) is 2.28. The molecular weight excluding hydrogens is 214 g/mol. The van der Waals surface area contributed by atoms with Gasteiger partial charge in [0.05, 0.1) is 12.1 Å². The van der Waals surface area contributed by atoms with Crippen molar-refractivity contribution in [2.75, 3.05) is 7.11 Å². The van der Waals surface area contributed by atoms with Crippen molar-refractivity contribution in [3.05, 3.63) is 22.2 Å². The van der Waals surface area contributed by atoms with Crippen molar-refractivity contribution in [1.29, 1.82) is 0 Å². The number of ether oxygens (including phenoxy) is 1. The molecular formula is C11H16ClNO2. The van der Waals surface area contributed by atoms with Crippen LogP contribution in [0.15, 0.2) is 6.07 Å². The molecule has 0 saturated heterocycles. The molecule has 4 heteroatoms. The van der Waals surface area contributed by atoms with Crippen LogP contribution in [0.25, 0.3) is 0 Å². The first-order valence-electron chi connectivity index (χ1n) is 4.77. The Balaban J connectivity index is 3.23. The number of aryl methyl sites for hydroxylation is 1. The second kappa shape index (κ2) is 4.73. The Morgan fingerprint density at radius 3 is 2.67 bits per heavy atom. The zero-order valence-corrected chi connectivity index (χ0v) is 9.93. The Bertz CT molecular complexity index is 364. The smallest absolute Gasteiger partial charge is 0.177 e. The number of aromatic hydroxyl groups is 1. The predicted molar refractivity (Wildman–Crippen MR) is 61.8 cm³/mol. The average Bonchev–Trinajstić information content (AvgIpc) is 2.18. The molecule has 0 radical (unpaired) electrons. The van der Waals surface area contributed by atoms with Gasteiger partial charge >= 0.3 is 0 Å². The number of methoxy groups -OCH3 is 1. The Morgan fingerprint density at radius 1 is 1.60 bits per heavy atom. The van der Waals surface area contributed by atoms with Gasteiger partial charge in [0.2, 0.25) is 0 Å². The lowest BCUT2D eigenvalue weighted by Crippen LogP contribution is -2.18. The van der Waals surface area contributed by atoms with Gasteiger partial charge in [-0.05, 0) is 37.5 Å². The minimum atomic E-state index is -0.0135. The minimum Gasteiger partial charge on any atom is -0.503 e. The molecule has 0 aromatic heterocycles. The van der Waals surface area contributed by atoms with Gasteiger partial charge in [0.25, 0.3) is 0 Å². The van der Waals surface area contributed by atoms with Crippen molar-refractivity contribution in [1.82, 2.24) is 0 Å². The number of phenols is 1. The van der Waals surface area contributed by atoms with Crippen LogP contribution < -0.4 is 10.5 Å². The molecule has 1 aromatic rings. The van der Waals surface area contributed by atoms with Crippen molar-refractivity contribution >= 4 is 11.6 Å². The summed E-state index contributed by atoms with van der Waals surface area (Å²) < 4.78 is 5.00. The van der Waals surface area contributed by atoms with Crippen molar-refractivity contribution in [2.45, 2.75) is 26.3 Å². The SMILES string of the molecule is COc1cc(C)c(CC(C)N)c(Cl)c1O. The summed E-state index contributed by atoms with van der Waals surface area (Å²) >= 11 is 6.04. The summed E-state index contributed by atoms with van der Waals surface area (Å²) in [4.78, 5) is 0. The van der Waals surface area contributed by atoms with Gasteiger partial charge in [-0.1, -0.05) is 11.6 Å². The van der Waals surface area contributed by atoms with Crippen LogP contribution >= 0.6 is 11.6 Å². The van der Waals surface area contributed by atoms with Gasteiger partial charge in [-0.2, -0.15) is 0 Å². The summed E-state index contributed by atoms with van der Waals surface area (Å²) in [6, 6.07) is 1.77. The molecule has 0 aliphatic heterocycles. The zero-order valence-electron chi connectivity index (χ0n) is 9.17. The Morgan fingerprint density at radius 2 is 2.20 bits per heavy atom. The van der Waals surface area contributed by atoms with Crippen LogP contribution in [0.3, 0.4) is 0 Å². The molecule has 15 heavy (non-hydrogen) atoms. The van der Waals surface area contributed by atoms with E-state index in [4.69, 9.17) is 22.1 Å². The topological polar surface area (TPSA) is 55.5 Å². The molecule has 1 aromatic carbocycles. The molecule has 3 nitrogen and oxygen atoms in total. The predicted octanol–water partition coefficient (Wildman–Crippen LogP) is 2.25. The molecule has 0 amide bonds. The van der Waals surface area contributed by atoms with Crippen molar-refractivity contribution in [3.63, 3.8) is 0 Å². The van der Waals surface area contributed by atoms with Crippen LogP contribution in [0.4, 0.5) is 0 Å². The van der Waals surface area contributed by atoms with Crippen LogP contribution in [-0.2, 0) is 6.42 Å². The van der Waals surface area contributed by atoms with Crippen LogP contribution in [0.5, 0.6) is 11.5 Å². The van der Waals surface area contributed by atoms with E-state index in [0.29, 0.717) is 17.2 Å². The summed E-state index contributed by atoms with van der Waals surface area (Å²) in [5.74, 6) is 0.381. The van der Waals surface area contributed by atoms with E-state index in [0.717, 1.165) is 11.1 Å². The fourth-order valence-corrected chi connectivity index (χ4v) is 1.82. The van der Waals surface area contributed by atoms with E-state index in [9.17, 15) is 5.11 Å². The highest BCUT2D eigenvalue weighted by Crippen LogP contribution is 2.38. The monoisotopic (exact) mass is 229 g/mol. The molecule has 1 unspecified atom stereocenters. The van der Waals surface area contributed by atoms with Crippen LogP contribution in [0, 0.1) is 6.92 Å². The lowest BCUT2D eigenvalue weighted by Gasteiger charge is -2.14. The molecule has 1 rings (SSSR count). The molecule has 0 fully saturated rings. The van der Waals surface area contributed by atoms with Crippen LogP contribution in [-0.4, -0.2) is 18.3 Å². The highest BCUT2D eigenvalue weighted by Gasteiger charge is 2.15. The Labute approximate surface area is 94.8 Å². The summed E-state index contributed by atoms with van der Waals surface area (Å²) in [6.07, 6.45) is 0.641. The van der Waals surface area contributed by atoms with E-state index < -0.39 is 0 Å². The summed E-state index contributed by atoms with van der Waals surface area (Å²) in [6.45, 7) is 3.82. The normalized spacial score (nSPS) is 12.6. The van der Waals surface area contributed by atoms with E-state index in [1.54, 1.807) is 6.07 Å². The number of nitrogens with two attached hydrogens (primary N) is 1. The fraction of sp³-hybridized carbons (Fsp3) is 0.455. The summed E-state index contributed by atoms with van der Waals surface area (Å²) in [5.41, 5.74) is 7.57. The van der Waals surface area contributed by atoms with E-state index in [1.807, 2.05) is 13.8 Å². The summed E-state index contributed by atoms with van der Waals surface area (Å²) in [7, 11) is 1.50. The number of rotatable bonds is 3. The van der Waals surface area contributed by atoms with Gasteiger partial charge in [-0.3, -0.25) is 0 Å². The quantitative estimate of drug-likeness (QED) is 0.836. The average molecular weight is 230 g/mol. The van der Waals surface area contributed by atoms with Gasteiger partial charge in [-0.15, -0.1) is 0 Å². The molecule has 0 aliphatic carbocycles. The van der Waals surface area contributed by atoms with E-state index in [2.05, 4.69) is 0 Å². The Kier molecular flexibility index (Phi) is 3.83. The first-order chi connectivity index (χ1) is 6.97. The third-order valence-corrected chi connectivity index (χ3v) is 2.68. The summed E-state index contributed by atoms with van der Waals surface area (Å²) in [5, 5.41) is 10.1. The molecule has 0 spiro atoms. The van der Waals surface area contributed by atoms with E-state index in [1.165, 1.54) is 7.11 Å². The molecule has 3 N–H and O–H groups in total. The van der Waals surface area contributed by atoms with Gasteiger partial charge in [-0.25, -0.2) is 0 Å². The van der Waals surface area contributed by atoms with Crippen LogP contribution in [0.2, 0.25) is 5.02 Å². The number of halogens is 1. The maximum atomic E-state index is 9.72. The first-order valence-corrected chi connectivity index (χ1v) is 5.15.